The number of aryl methyl sites for hydroxylation is 3. The summed E-state index contributed by atoms with van der Waals surface area (Å²) in [4.78, 5) is 12.1. The Labute approximate surface area is 149 Å². The molecule has 0 bridgehead atoms. The summed E-state index contributed by atoms with van der Waals surface area (Å²) in [6.07, 6.45) is 1.16. The highest BCUT2D eigenvalue weighted by atomic mass is 35.5. The number of carbonyl (C=O) groups is 1. The molecule has 4 heteroatoms. The fourth-order valence-electron chi connectivity index (χ4n) is 2.51. The lowest BCUT2D eigenvalue weighted by molar-refractivity contribution is -0.127. The highest BCUT2D eigenvalue weighted by molar-refractivity contribution is 6.31. The van der Waals surface area contributed by atoms with E-state index >= 15 is 0 Å². The molecular formula is C20H24ClNO2. The van der Waals surface area contributed by atoms with Gasteiger partial charge < -0.3 is 10.1 Å². The smallest absolute Gasteiger partial charge is 0.260 e. The van der Waals surface area contributed by atoms with Crippen molar-refractivity contribution in [1.82, 2.24) is 5.32 Å². The van der Waals surface area contributed by atoms with Crippen LogP contribution in [0, 0.1) is 13.8 Å². The van der Waals surface area contributed by atoms with Crippen LogP contribution in [0.2, 0.25) is 5.02 Å². The molecule has 0 saturated carbocycles. The number of benzene rings is 2. The molecule has 3 nitrogen and oxygen atoms in total. The fraction of sp³-hybridized carbons (Fsp3) is 0.350. The molecule has 0 aromatic heterocycles. The van der Waals surface area contributed by atoms with Gasteiger partial charge >= 0.3 is 0 Å². The van der Waals surface area contributed by atoms with E-state index < -0.39 is 6.10 Å². The van der Waals surface area contributed by atoms with E-state index in [2.05, 4.69) is 5.32 Å². The van der Waals surface area contributed by atoms with Crippen LogP contribution in [-0.2, 0) is 11.2 Å². The molecule has 0 spiro atoms. The molecule has 2 rings (SSSR count). The first kappa shape index (κ1) is 18.3. The van der Waals surface area contributed by atoms with Crippen LogP contribution in [0.4, 0.5) is 0 Å². The molecule has 1 N–H and O–H groups in total. The number of hydrogen-bond acceptors (Lipinski definition) is 2. The maximum atomic E-state index is 12.1. The monoisotopic (exact) mass is 345 g/mol. The third-order valence-electron chi connectivity index (χ3n) is 3.88. The van der Waals surface area contributed by atoms with Gasteiger partial charge in [0, 0.05) is 11.6 Å². The van der Waals surface area contributed by atoms with Crippen LogP contribution in [-0.4, -0.2) is 18.6 Å². The van der Waals surface area contributed by atoms with Gasteiger partial charge in [-0.25, -0.2) is 0 Å². The Kier molecular flexibility index (Phi) is 6.68. The average molecular weight is 346 g/mol. The van der Waals surface area contributed by atoms with E-state index in [0.717, 1.165) is 34.7 Å². The van der Waals surface area contributed by atoms with Crippen molar-refractivity contribution in [1.29, 1.82) is 0 Å². The zero-order chi connectivity index (χ0) is 17.5. The Bertz CT molecular complexity index is 700. The molecule has 0 heterocycles. The minimum Gasteiger partial charge on any atom is -0.481 e. The molecule has 128 valence electrons. The molecule has 0 saturated heterocycles. The largest absolute Gasteiger partial charge is 0.481 e. The summed E-state index contributed by atoms with van der Waals surface area (Å²) >= 11 is 6.12. The van der Waals surface area contributed by atoms with Gasteiger partial charge in [0.25, 0.3) is 5.91 Å². The molecule has 0 aliphatic carbocycles. The maximum Gasteiger partial charge on any atom is 0.260 e. The Hall–Kier alpha value is -2.00. The molecule has 2 aromatic rings. The van der Waals surface area contributed by atoms with Crippen LogP contribution in [0.1, 0.15) is 30.0 Å². The normalized spacial score (nSPS) is 11.8. The van der Waals surface area contributed by atoms with Crippen molar-refractivity contribution in [3.63, 3.8) is 0 Å². The lowest BCUT2D eigenvalue weighted by Crippen LogP contribution is -2.37. The van der Waals surface area contributed by atoms with Crippen molar-refractivity contribution in [2.45, 2.75) is 39.7 Å². The summed E-state index contributed by atoms with van der Waals surface area (Å²) in [6, 6.07) is 13.7. The molecule has 0 unspecified atom stereocenters. The highest BCUT2D eigenvalue weighted by Gasteiger charge is 2.15. The molecule has 0 radical (unpaired) electrons. The van der Waals surface area contributed by atoms with Crippen molar-refractivity contribution in [2.75, 3.05) is 6.54 Å². The quantitative estimate of drug-likeness (QED) is 0.752. The number of ether oxygens (including phenoxy) is 1. The van der Waals surface area contributed by atoms with E-state index in [1.807, 2.05) is 56.3 Å². The molecule has 0 aliphatic rings. The van der Waals surface area contributed by atoms with Crippen LogP contribution in [0.25, 0.3) is 0 Å². The summed E-state index contributed by atoms with van der Waals surface area (Å²) in [5.74, 6) is 0.647. The molecule has 24 heavy (non-hydrogen) atoms. The summed E-state index contributed by atoms with van der Waals surface area (Å²) in [5, 5.41) is 3.69. The predicted molar refractivity (Wildman–Crippen MR) is 98.8 cm³/mol. The summed E-state index contributed by atoms with van der Waals surface area (Å²) in [7, 11) is 0. The summed E-state index contributed by atoms with van der Waals surface area (Å²) < 4.78 is 5.76. The molecule has 1 atom stereocenters. The van der Waals surface area contributed by atoms with Crippen molar-refractivity contribution in [3.05, 3.63) is 64.2 Å². The third-order valence-corrected chi connectivity index (χ3v) is 4.25. The minimum absolute atomic E-state index is 0.103. The number of carbonyl (C=O) groups excluding carboxylic acids is 1. The van der Waals surface area contributed by atoms with Gasteiger partial charge in [0.15, 0.2) is 6.10 Å². The van der Waals surface area contributed by atoms with Gasteiger partial charge in [-0.1, -0.05) is 47.5 Å². The predicted octanol–water partition coefficient (Wildman–Crippen LogP) is 4.47. The standard InChI is InChI=1S/C20H24ClNO2/c1-14-10-11-19(15(2)13-14)24-16(3)20(23)22-12-6-8-17-7-4-5-9-18(17)21/h4-5,7,9-11,13,16H,6,8,12H2,1-3H3,(H,22,23)/t16-/m0/s1. The number of hydrogen-bond donors (Lipinski definition) is 1. The fourth-order valence-corrected chi connectivity index (χ4v) is 2.74. The Morgan fingerprint density at radius 1 is 1.21 bits per heavy atom. The zero-order valence-corrected chi connectivity index (χ0v) is 15.2. The molecule has 1 amide bonds. The highest BCUT2D eigenvalue weighted by Crippen LogP contribution is 2.20. The lowest BCUT2D eigenvalue weighted by Gasteiger charge is -2.16. The van der Waals surface area contributed by atoms with Crippen LogP contribution in [0.5, 0.6) is 5.75 Å². The SMILES string of the molecule is Cc1ccc(O[C@@H](C)C(=O)NCCCc2ccccc2Cl)c(C)c1. The average Bonchev–Trinajstić information content (AvgIpc) is 2.55. The van der Waals surface area contributed by atoms with Gasteiger partial charge in [-0.3, -0.25) is 4.79 Å². The van der Waals surface area contributed by atoms with Crippen molar-refractivity contribution < 1.29 is 9.53 Å². The second kappa shape index (κ2) is 8.74. The molecule has 2 aromatic carbocycles. The van der Waals surface area contributed by atoms with Crippen molar-refractivity contribution >= 4 is 17.5 Å². The Morgan fingerprint density at radius 3 is 2.67 bits per heavy atom. The van der Waals surface area contributed by atoms with Gasteiger partial charge in [-0.2, -0.15) is 0 Å². The van der Waals surface area contributed by atoms with Crippen LogP contribution >= 0.6 is 11.6 Å². The number of nitrogens with one attached hydrogen (secondary N) is 1. The van der Waals surface area contributed by atoms with E-state index in [-0.39, 0.29) is 5.91 Å². The van der Waals surface area contributed by atoms with E-state index in [4.69, 9.17) is 16.3 Å². The van der Waals surface area contributed by atoms with Gasteiger partial charge in [-0.15, -0.1) is 0 Å². The second-order valence-corrected chi connectivity index (χ2v) is 6.42. The molecule has 0 fully saturated rings. The number of rotatable bonds is 7. The zero-order valence-electron chi connectivity index (χ0n) is 14.4. The van der Waals surface area contributed by atoms with Gasteiger partial charge in [0.2, 0.25) is 0 Å². The lowest BCUT2D eigenvalue weighted by atomic mass is 10.1. The first-order valence-corrected chi connectivity index (χ1v) is 8.60. The topological polar surface area (TPSA) is 38.3 Å². The Morgan fingerprint density at radius 2 is 1.96 bits per heavy atom. The first-order chi connectivity index (χ1) is 11.5. The number of halogens is 1. The Balaban J connectivity index is 1.76. The van der Waals surface area contributed by atoms with Crippen molar-refractivity contribution in [3.8, 4) is 5.75 Å². The summed E-state index contributed by atoms with van der Waals surface area (Å²) in [6.45, 7) is 6.38. The van der Waals surface area contributed by atoms with Crippen LogP contribution < -0.4 is 10.1 Å². The van der Waals surface area contributed by atoms with Gasteiger partial charge in [-0.05, 0) is 56.9 Å². The molecule has 0 aliphatic heterocycles. The van der Waals surface area contributed by atoms with E-state index in [0.29, 0.717) is 6.54 Å². The van der Waals surface area contributed by atoms with Crippen LogP contribution in [0.15, 0.2) is 42.5 Å². The van der Waals surface area contributed by atoms with E-state index in [9.17, 15) is 4.79 Å². The third kappa shape index (κ3) is 5.27. The van der Waals surface area contributed by atoms with Crippen LogP contribution in [0.3, 0.4) is 0 Å². The van der Waals surface area contributed by atoms with Crippen molar-refractivity contribution in [2.24, 2.45) is 0 Å². The van der Waals surface area contributed by atoms with Gasteiger partial charge in [0.05, 0.1) is 0 Å². The first-order valence-electron chi connectivity index (χ1n) is 8.22. The number of amides is 1. The molecular weight excluding hydrogens is 322 g/mol. The second-order valence-electron chi connectivity index (χ2n) is 6.02. The summed E-state index contributed by atoms with van der Waals surface area (Å²) in [5.41, 5.74) is 3.32. The minimum atomic E-state index is -0.522. The van der Waals surface area contributed by atoms with E-state index in [1.165, 1.54) is 5.56 Å². The van der Waals surface area contributed by atoms with E-state index in [1.54, 1.807) is 6.92 Å². The maximum absolute atomic E-state index is 12.1. The van der Waals surface area contributed by atoms with Gasteiger partial charge in [0.1, 0.15) is 5.75 Å².